The summed E-state index contributed by atoms with van der Waals surface area (Å²) in [5.41, 5.74) is 13.4. The van der Waals surface area contributed by atoms with Crippen molar-refractivity contribution in [3.05, 3.63) is 207 Å². The maximum Gasteiger partial charge on any atom is 0.0702 e. The van der Waals surface area contributed by atoms with Gasteiger partial charge in [0.25, 0.3) is 0 Å². The molecule has 2 aromatic heterocycles. The van der Waals surface area contributed by atoms with Crippen LogP contribution in [0.25, 0.3) is 99.3 Å². The third-order valence-corrected chi connectivity index (χ3v) is 10.5. The number of hydrogen-bond donors (Lipinski definition) is 0. The molecule has 0 amide bonds. The number of aromatic nitrogens is 2. The second-order valence-corrected chi connectivity index (χ2v) is 13.8. The molecule has 54 heavy (non-hydrogen) atoms. The predicted molar refractivity (Wildman–Crippen MR) is 227 cm³/mol. The van der Waals surface area contributed by atoms with Gasteiger partial charge in [0.05, 0.1) is 11.4 Å². The molecule has 0 fully saturated rings. The van der Waals surface area contributed by atoms with Crippen molar-refractivity contribution in [2.75, 3.05) is 0 Å². The van der Waals surface area contributed by atoms with Crippen LogP contribution < -0.4 is 0 Å². The van der Waals surface area contributed by atoms with E-state index in [4.69, 9.17) is 0 Å². The van der Waals surface area contributed by atoms with Crippen LogP contribution in [-0.2, 0) is 0 Å². The smallest absolute Gasteiger partial charge is 0.0702 e. The summed E-state index contributed by atoms with van der Waals surface area (Å²) in [5.74, 6) is 0. The Balaban J connectivity index is 1.02. The molecular weight excluding hydrogens is 653 g/mol. The van der Waals surface area contributed by atoms with Gasteiger partial charge in [-0.15, -0.1) is 0 Å². The molecule has 0 bridgehead atoms. The van der Waals surface area contributed by atoms with E-state index in [1.807, 2.05) is 36.7 Å². The second-order valence-electron chi connectivity index (χ2n) is 13.8. The zero-order chi connectivity index (χ0) is 35.8. The van der Waals surface area contributed by atoms with E-state index >= 15 is 0 Å². The van der Waals surface area contributed by atoms with E-state index in [1.54, 1.807) is 0 Å². The molecule has 0 aliphatic rings. The molecule has 2 heteroatoms. The van der Waals surface area contributed by atoms with Gasteiger partial charge in [-0.05, 0) is 144 Å². The first kappa shape index (κ1) is 31.6. The molecule has 0 aliphatic carbocycles. The van der Waals surface area contributed by atoms with Crippen LogP contribution in [0.1, 0.15) is 0 Å². The number of hydrogen-bond acceptors (Lipinski definition) is 2. The van der Waals surface area contributed by atoms with Crippen LogP contribution in [-0.4, -0.2) is 9.97 Å². The number of pyridine rings is 2. The highest BCUT2D eigenvalue weighted by Gasteiger charge is 2.12. The fourth-order valence-electron chi connectivity index (χ4n) is 7.88. The third-order valence-electron chi connectivity index (χ3n) is 10.5. The van der Waals surface area contributed by atoms with E-state index in [-0.39, 0.29) is 0 Å². The molecule has 0 N–H and O–H groups in total. The lowest BCUT2D eigenvalue weighted by Crippen LogP contribution is -1.89. The summed E-state index contributed by atoms with van der Waals surface area (Å²) >= 11 is 0. The van der Waals surface area contributed by atoms with Crippen molar-refractivity contribution >= 4 is 32.3 Å². The maximum atomic E-state index is 4.66. The minimum atomic E-state index is 0.938. The lowest BCUT2D eigenvalue weighted by molar-refractivity contribution is 1.31. The Bertz CT molecular complexity index is 2890. The van der Waals surface area contributed by atoms with Crippen molar-refractivity contribution in [2.24, 2.45) is 0 Å². The first-order valence-electron chi connectivity index (χ1n) is 18.4. The molecular formula is C52H34N2. The Morgan fingerprint density at radius 3 is 0.963 bits per heavy atom. The average molecular weight is 687 g/mol. The minimum Gasteiger partial charge on any atom is -0.256 e. The number of nitrogens with zero attached hydrogens (tertiary/aromatic N) is 2. The molecule has 2 nitrogen and oxygen atoms in total. The van der Waals surface area contributed by atoms with Crippen molar-refractivity contribution in [3.8, 4) is 67.0 Å². The van der Waals surface area contributed by atoms with Crippen LogP contribution in [0, 0.1) is 0 Å². The largest absolute Gasteiger partial charge is 0.256 e. The van der Waals surface area contributed by atoms with Gasteiger partial charge in [0, 0.05) is 23.5 Å². The molecule has 252 valence electrons. The van der Waals surface area contributed by atoms with Gasteiger partial charge < -0.3 is 0 Å². The van der Waals surface area contributed by atoms with Gasteiger partial charge >= 0.3 is 0 Å². The average Bonchev–Trinajstić information content (AvgIpc) is 3.27. The number of rotatable bonds is 6. The SMILES string of the molecule is c1ccc(-c2cc(-c3cccc(-c4cccc(-c5cccc(-c6ccc7c8ccccc8c8ccccc8c7c6)c5)c4)c3)cc(-c3ccccn3)c2)nc1. The Morgan fingerprint density at radius 1 is 0.204 bits per heavy atom. The van der Waals surface area contributed by atoms with E-state index in [0.29, 0.717) is 0 Å². The van der Waals surface area contributed by atoms with E-state index in [9.17, 15) is 0 Å². The topological polar surface area (TPSA) is 25.8 Å². The molecule has 0 spiro atoms. The summed E-state index contributed by atoms with van der Waals surface area (Å²) in [7, 11) is 0. The molecule has 2 heterocycles. The van der Waals surface area contributed by atoms with Crippen LogP contribution in [0.5, 0.6) is 0 Å². The van der Waals surface area contributed by atoms with Gasteiger partial charge in [-0.25, -0.2) is 0 Å². The van der Waals surface area contributed by atoms with E-state index in [1.165, 1.54) is 65.7 Å². The van der Waals surface area contributed by atoms with Crippen LogP contribution in [0.3, 0.4) is 0 Å². The fourth-order valence-corrected chi connectivity index (χ4v) is 7.88. The lowest BCUT2D eigenvalue weighted by atomic mass is 9.91. The van der Waals surface area contributed by atoms with E-state index in [2.05, 4.69) is 180 Å². The van der Waals surface area contributed by atoms with Crippen LogP contribution in [0.4, 0.5) is 0 Å². The Morgan fingerprint density at radius 2 is 0.537 bits per heavy atom. The van der Waals surface area contributed by atoms with E-state index in [0.717, 1.165) is 33.6 Å². The third kappa shape index (κ3) is 5.81. The van der Waals surface area contributed by atoms with E-state index < -0.39 is 0 Å². The molecule has 10 rings (SSSR count). The molecule has 0 aliphatic heterocycles. The highest BCUT2D eigenvalue weighted by Crippen LogP contribution is 2.39. The highest BCUT2D eigenvalue weighted by atomic mass is 14.7. The second kappa shape index (κ2) is 13.4. The highest BCUT2D eigenvalue weighted by molar-refractivity contribution is 6.25. The summed E-state index contributed by atoms with van der Waals surface area (Å²) in [6.45, 7) is 0. The Labute approximate surface area is 314 Å². The lowest BCUT2D eigenvalue weighted by Gasteiger charge is -2.13. The molecule has 0 atom stereocenters. The zero-order valence-electron chi connectivity index (χ0n) is 29.5. The van der Waals surface area contributed by atoms with Crippen molar-refractivity contribution < 1.29 is 0 Å². The number of fused-ring (bicyclic) bond motifs is 6. The summed E-state index contributed by atoms with van der Waals surface area (Å²) in [4.78, 5) is 9.33. The zero-order valence-corrected chi connectivity index (χ0v) is 29.5. The van der Waals surface area contributed by atoms with Gasteiger partial charge in [0.15, 0.2) is 0 Å². The molecule has 0 unspecified atom stereocenters. The predicted octanol–water partition coefficient (Wildman–Crippen LogP) is 13.9. The monoisotopic (exact) mass is 686 g/mol. The summed E-state index contributed by atoms with van der Waals surface area (Å²) in [6, 6.07) is 69.8. The van der Waals surface area contributed by atoms with Gasteiger partial charge in [0.2, 0.25) is 0 Å². The van der Waals surface area contributed by atoms with Crippen molar-refractivity contribution in [1.82, 2.24) is 9.97 Å². The van der Waals surface area contributed by atoms with Gasteiger partial charge in [-0.1, -0.05) is 127 Å². The standard InChI is InChI=1S/C52H34N2/c1-2-20-47-45(18-1)46-19-3-4-21-48(46)50-34-41(24-25-49(47)50)39-16-10-14-37(29-39)35-12-9-13-36(28-35)38-15-11-17-40(30-38)42-31-43(51-22-5-7-26-53-51)33-44(32-42)52-23-6-8-27-54-52/h1-34H. The fraction of sp³-hybridized carbons (Fsp3) is 0. The maximum absolute atomic E-state index is 4.66. The Kier molecular flexibility index (Phi) is 7.85. The van der Waals surface area contributed by atoms with Crippen LogP contribution in [0.2, 0.25) is 0 Å². The minimum absolute atomic E-state index is 0.938. The molecule has 0 saturated carbocycles. The van der Waals surface area contributed by atoms with Gasteiger partial charge in [-0.3, -0.25) is 9.97 Å². The first-order chi connectivity index (χ1) is 26.7. The van der Waals surface area contributed by atoms with Crippen LogP contribution >= 0.6 is 0 Å². The molecule has 8 aromatic carbocycles. The van der Waals surface area contributed by atoms with Crippen molar-refractivity contribution in [1.29, 1.82) is 0 Å². The van der Waals surface area contributed by atoms with Gasteiger partial charge in [0.1, 0.15) is 0 Å². The van der Waals surface area contributed by atoms with Crippen LogP contribution in [0.15, 0.2) is 207 Å². The summed E-state index contributed by atoms with van der Waals surface area (Å²) < 4.78 is 0. The summed E-state index contributed by atoms with van der Waals surface area (Å²) in [6.07, 6.45) is 3.69. The quantitative estimate of drug-likeness (QED) is 0.163. The Hall–Kier alpha value is -7.16. The first-order valence-corrected chi connectivity index (χ1v) is 18.4. The molecule has 0 saturated heterocycles. The van der Waals surface area contributed by atoms with Crippen molar-refractivity contribution in [2.45, 2.75) is 0 Å². The summed E-state index contributed by atoms with van der Waals surface area (Å²) in [5, 5.41) is 7.75. The molecule has 0 radical (unpaired) electrons. The number of benzene rings is 8. The molecule has 10 aromatic rings. The van der Waals surface area contributed by atoms with Gasteiger partial charge in [-0.2, -0.15) is 0 Å². The normalized spacial score (nSPS) is 11.3. The van der Waals surface area contributed by atoms with Crippen molar-refractivity contribution in [3.63, 3.8) is 0 Å².